The van der Waals surface area contributed by atoms with Gasteiger partial charge in [-0.1, -0.05) is 100 Å². The Labute approximate surface area is 447 Å². The SMILES string of the molecule is CC(F)C(=O)N[C@H](Cc1ccccc1)C(=O)NC1CSSC[C@@H](C(=O)NC(CO)C(C)O)NC(=O)[C@H]([C@@H](C)O)NC(=O)C(CCCCN)NC(=O)C(Cc2c[nH]c3ccccc23)NC(=O)[C@H](Cc2ccccc2)NC1=O. The maximum atomic E-state index is 14.8. The summed E-state index contributed by atoms with van der Waals surface area (Å²) >= 11 is 0. The highest BCUT2D eigenvalue weighted by molar-refractivity contribution is 8.76. The van der Waals surface area contributed by atoms with Crippen molar-refractivity contribution in [3.63, 3.8) is 0 Å². The first-order valence-electron chi connectivity index (χ1n) is 25.0. The summed E-state index contributed by atoms with van der Waals surface area (Å²) in [6, 6.07) is 13.0. The summed E-state index contributed by atoms with van der Waals surface area (Å²) in [6.07, 6.45) is -2.74. The van der Waals surface area contributed by atoms with Crippen molar-refractivity contribution in [1.29, 1.82) is 0 Å². The van der Waals surface area contributed by atoms with Crippen LogP contribution in [-0.4, -0.2) is 159 Å². The van der Waals surface area contributed by atoms with E-state index in [1.807, 2.05) is 18.2 Å². The van der Waals surface area contributed by atoms with Crippen molar-refractivity contribution >= 4 is 79.7 Å². The summed E-state index contributed by atoms with van der Waals surface area (Å²) in [5.41, 5.74) is 8.33. The second-order valence-corrected chi connectivity index (χ2v) is 21.1. The van der Waals surface area contributed by atoms with Crippen LogP contribution in [0.15, 0.2) is 91.1 Å². The standard InChI is InChI=1S/C52H69FN10O11S2/c1-29(53)45(67)57-38(22-32-14-6-4-7-15-32)48(70)61-42-27-75-76-28-43(51(73)60-41(26-64)30(2)65)62-52(74)44(31(3)66)63-46(68)37(20-12-13-21-54)56-49(71)40(24-34-25-55-36-19-11-10-18-35(34)36)59-47(69)39(58-50(42)72)23-33-16-8-5-9-17-33/h4-11,14-19,25,29-31,37-44,55,64-66H,12-13,20-24,26-28,54H2,1-3H3,(H,56,71)(H,57,67)(H,58,72)(H,59,69)(H,60,73)(H,61,70)(H,62,74)(H,63,68)/t29?,30?,31-,37?,38-,39+,40?,41?,42?,43+,44+/m1/s1. The summed E-state index contributed by atoms with van der Waals surface area (Å²) in [7, 11) is 1.90. The fourth-order valence-corrected chi connectivity index (χ4v) is 10.4. The summed E-state index contributed by atoms with van der Waals surface area (Å²) in [4.78, 5) is 117. The molecule has 21 nitrogen and oxygen atoms in total. The van der Waals surface area contributed by atoms with Gasteiger partial charge in [-0.2, -0.15) is 0 Å². The van der Waals surface area contributed by atoms with Gasteiger partial charge in [0.05, 0.1) is 24.9 Å². The van der Waals surface area contributed by atoms with Crippen LogP contribution in [0.1, 0.15) is 56.7 Å². The fourth-order valence-electron chi connectivity index (χ4n) is 8.11. The molecule has 0 bridgehead atoms. The van der Waals surface area contributed by atoms with E-state index in [1.165, 1.54) is 13.8 Å². The first-order valence-corrected chi connectivity index (χ1v) is 27.5. The average Bonchev–Trinajstić information content (AvgIpc) is 3.81. The number of unbranched alkanes of at least 4 members (excludes halogenated alkanes) is 1. The third kappa shape index (κ3) is 18.3. The number of carbonyl (C=O) groups excluding carboxylic acids is 8. The molecule has 1 fully saturated rings. The van der Waals surface area contributed by atoms with Gasteiger partial charge in [0.25, 0.3) is 5.91 Å². The summed E-state index contributed by atoms with van der Waals surface area (Å²) < 4.78 is 14.3. The second kappa shape index (κ2) is 30.2. The maximum Gasteiger partial charge on any atom is 0.254 e. The minimum absolute atomic E-state index is 0.0000516. The third-order valence-electron chi connectivity index (χ3n) is 12.5. The van der Waals surface area contributed by atoms with E-state index in [1.54, 1.807) is 72.9 Å². The number of aromatic nitrogens is 1. The molecule has 1 aromatic heterocycles. The predicted octanol–water partition coefficient (Wildman–Crippen LogP) is -0.290. The lowest BCUT2D eigenvalue weighted by molar-refractivity contribution is -0.136. The predicted molar refractivity (Wildman–Crippen MR) is 287 cm³/mol. The average molecular weight is 1090 g/mol. The summed E-state index contributed by atoms with van der Waals surface area (Å²) in [5.74, 6) is -7.88. The number of hydrogen-bond donors (Lipinski definition) is 13. The number of aliphatic hydroxyl groups is 3. The zero-order valence-electron chi connectivity index (χ0n) is 42.5. The first-order chi connectivity index (χ1) is 36.4. The number of fused-ring (bicyclic) bond motifs is 1. The molecule has 3 aromatic carbocycles. The Bertz CT molecular complexity index is 2580. The molecule has 1 aliphatic rings. The molecule has 11 atom stereocenters. The zero-order chi connectivity index (χ0) is 55.3. The van der Waals surface area contributed by atoms with Gasteiger partial charge in [0.1, 0.15) is 42.3 Å². The number of nitrogens with one attached hydrogen (secondary N) is 9. The molecular weight excluding hydrogens is 1020 g/mol. The zero-order valence-corrected chi connectivity index (χ0v) is 44.1. The molecule has 24 heteroatoms. The Kier molecular flexibility index (Phi) is 24.0. The lowest BCUT2D eigenvalue weighted by Gasteiger charge is -2.29. The molecule has 412 valence electrons. The smallest absolute Gasteiger partial charge is 0.254 e. The van der Waals surface area contributed by atoms with Crippen molar-refractivity contribution in [2.75, 3.05) is 24.7 Å². The first kappa shape index (κ1) is 60.3. The molecule has 0 radical (unpaired) electrons. The van der Waals surface area contributed by atoms with Gasteiger partial charge in [-0.05, 0) is 69.3 Å². The highest BCUT2D eigenvalue weighted by Crippen LogP contribution is 2.24. The minimum atomic E-state index is -2.00. The molecule has 1 aliphatic heterocycles. The summed E-state index contributed by atoms with van der Waals surface area (Å²) in [6.45, 7) is 3.11. The van der Waals surface area contributed by atoms with Crippen LogP contribution >= 0.6 is 21.6 Å². The van der Waals surface area contributed by atoms with Gasteiger partial charge in [-0.3, -0.25) is 38.4 Å². The van der Waals surface area contributed by atoms with E-state index in [9.17, 15) is 58.1 Å². The Morgan fingerprint density at radius 1 is 0.697 bits per heavy atom. The lowest BCUT2D eigenvalue weighted by atomic mass is 10.0. The number of nitrogens with two attached hydrogens (primary N) is 1. The molecule has 0 aliphatic carbocycles. The van der Waals surface area contributed by atoms with E-state index in [-0.39, 0.29) is 43.7 Å². The van der Waals surface area contributed by atoms with E-state index in [0.717, 1.165) is 39.4 Å². The number of rotatable bonds is 19. The van der Waals surface area contributed by atoms with Crippen LogP contribution in [0.3, 0.4) is 0 Å². The molecule has 6 unspecified atom stereocenters. The van der Waals surface area contributed by atoms with Crippen LogP contribution in [0.5, 0.6) is 0 Å². The van der Waals surface area contributed by atoms with Gasteiger partial charge in [-0.25, -0.2) is 4.39 Å². The van der Waals surface area contributed by atoms with Crippen LogP contribution in [-0.2, 0) is 57.6 Å². The van der Waals surface area contributed by atoms with Gasteiger partial charge in [0.2, 0.25) is 41.4 Å². The van der Waals surface area contributed by atoms with E-state index in [0.29, 0.717) is 29.5 Å². The number of aliphatic hydroxyl groups excluding tert-OH is 3. The van der Waals surface area contributed by atoms with E-state index in [2.05, 4.69) is 47.5 Å². The number of alkyl halides is 1. The second-order valence-electron chi connectivity index (χ2n) is 18.5. The van der Waals surface area contributed by atoms with E-state index in [4.69, 9.17) is 5.73 Å². The van der Waals surface area contributed by atoms with Gasteiger partial charge in [0, 0.05) is 47.9 Å². The van der Waals surface area contributed by atoms with Gasteiger partial charge in [0.15, 0.2) is 6.17 Å². The highest BCUT2D eigenvalue weighted by Gasteiger charge is 2.37. The van der Waals surface area contributed by atoms with Crippen molar-refractivity contribution < 1.29 is 58.1 Å². The largest absolute Gasteiger partial charge is 0.394 e. The van der Waals surface area contributed by atoms with Crippen LogP contribution < -0.4 is 48.3 Å². The molecule has 8 amide bonds. The van der Waals surface area contributed by atoms with Crippen molar-refractivity contribution in [3.05, 3.63) is 108 Å². The number of carbonyl (C=O) groups is 8. The van der Waals surface area contributed by atoms with Crippen LogP contribution in [0.2, 0.25) is 0 Å². The van der Waals surface area contributed by atoms with Crippen molar-refractivity contribution in [2.24, 2.45) is 5.73 Å². The fraction of sp³-hybridized carbons (Fsp3) is 0.462. The van der Waals surface area contributed by atoms with Gasteiger partial charge >= 0.3 is 0 Å². The molecule has 2 heterocycles. The molecule has 14 N–H and O–H groups in total. The molecule has 76 heavy (non-hydrogen) atoms. The van der Waals surface area contributed by atoms with Gasteiger partial charge < -0.3 is 68.6 Å². The maximum absolute atomic E-state index is 14.8. The Hall–Kier alpha value is -6.57. The molecule has 5 rings (SSSR count). The lowest BCUT2D eigenvalue weighted by Crippen LogP contribution is -2.62. The Morgan fingerprint density at radius 3 is 1.92 bits per heavy atom. The van der Waals surface area contributed by atoms with Crippen LogP contribution in [0, 0.1) is 0 Å². The number of halogens is 1. The number of amides is 8. The molecule has 0 spiro atoms. The number of H-pyrrole nitrogens is 1. The quantitative estimate of drug-likeness (QED) is 0.0424. The Morgan fingerprint density at radius 2 is 1.29 bits per heavy atom. The summed E-state index contributed by atoms with van der Waals surface area (Å²) in [5, 5.41) is 52.8. The normalized spacial score (nSPS) is 22.4. The number of para-hydroxylation sites is 1. The molecule has 4 aromatic rings. The number of hydrogen-bond acceptors (Lipinski definition) is 14. The topological polar surface area (TPSA) is 335 Å². The minimum Gasteiger partial charge on any atom is -0.394 e. The van der Waals surface area contributed by atoms with Crippen molar-refractivity contribution in [1.82, 2.24) is 47.5 Å². The molecule has 0 saturated carbocycles. The van der Waals surface area contributed by atoms with E-state index >= 15 is 0 Å². The van der Waals surface area contributed by atoms with Crippen molar-refractivity contribution in [2.45, 2.75) is 126 Å². The number of benzene rings is 3. The molecule has 1 saturated heterocycles. The van der Waals surface area contributed by atoms with Gasteiger partial charge in [-0.15, -0.1) is 0 Å². The van der Waals surface area contributed by atoms with Crippen LogP contribution in [0.25, 0.3) is 10.9 Å². The van der Waals surface area contributed by atoms with Crippen LogP contribution in [0.4, 0.5) is 4.39 Å². The highest BCUT2D eigenvalue weighted by atomic mass is 33.1. The number of aromatic amines is 1. The monoisotopic (exact) mass is 1090 g/mol. The molecular formula is C52H69FN10O11S2. The Balaban J connectivity index is 1.60. The van der Waals surface area contributed by atoms with E-state index < -0.39 is 121 Å². The third-order valence-corrected chi connectivity index (χ3v) is 14.9. The van der Waals surface area contributed by atoms with Crippen molar-refractivity contribution in [3.8, 4) is 0 Å².